The van der Waals surface area contributed by atoms with Crippen molar-refractivity contribution in [3.63, 3.8) is 0 Å². The highest BCUT2D eigenvalue weighted by molar-refractivity contribution is 5.98. The van der Waals surface area contributed by atoms with Gasteiger partial charge in [-0.25, -0.2) is 9.78 Å². The number of ether oxygens (including phenoxy) is 1. The number of nitrogens with two attached hydrogens (primary N) is 1. The van der Waals surface area contributed by atoms with E-state index in [0.717, 1.165) is 33.5 Å². The Labute approximate surface area is 131 Å². The fourth-order valence-electron chi connectivity index (χ4n) is 2.90. The van der Waals surface area contributed by atoms with Crippen LogP contribution in [-0.4, -0.2) is 21.0 Å². The zero-order chi connectivity index (χ0) is 16.0. The van der Waals surface area contributed by atoms with Gasteiger partial charge in [0.25, 0.3) is 0 Å². The summed E-state index contributed by atoms with van der Waals surface area (Å²) in [4.78, 5) is 22.3. The molecule has 2 aromatic heterocycles. The molecule has 0 unspecified atom stereocenters. The molecule has 0 atom stereocenters. The number of fused-ring (bicyclic) bond motifs is 2. The van der Waals surface area contributed by atoms with Crippen LogP contribution in [-0.2, 0) is 0 Å². The molecule has 4 aromatic rings. The number of hydrogen-bond acceptors (Lipinski definition) is 3. The van der Waals surface area contributed by atoms with Gasteiger partial charge in [-0.15, -0.1) is 0 Å². The second-order valence-electron chi connectivity index (χ2n) is 5.33. The molecule has 0 saturated carbocycles. The summed E-state index contributed by atoms with van der Waals surface area (Å²) in [7, 11) is 0. The van der Waals surface area contributed by atoms with Crippen molar-refractivity contribution in [3.8, 4) is 17.1 Å². The maximum absolute atomic E-state index is 11.0. The minimum absolute atomic E-state index is 0.343. The molecular weight excluding hydrogens is 292 g/mol. The highest BCUT2D eigenvalue weighted by atomic mass is 16.5. The van der Waals surface area contributed by atoms with Gasteiger partial charge in [-0.1, -0.05) is 24.3 Å². The Bertz CT molecular complexity index is 1050. The van der Waals surface area contributed by atoms with Crippen molar-refractivity contribution >= 4 is 28.0 Å². The van der Waals surface area contributed by atoms with E-state index in [9.17, 15) is 4.79 Å². The first-order valence-corrected chi connectivity index (χ1v) is 7.17. The van der Waals surface area contributed by atoms with E-state index in [0.29, 0.717) is 11.3 Å². The van der Waals surface area contributed by atoms with Crippen molar-refractivity contribution in [2.75, 3.05) is 0 Å². The first kappa shape index (κ1) is 13.4. The van der Waals surface area contributed by atoms with Crippen LogP contribution in [0.3, 0.4) is 0 Å². The largest absolute Gasteiger partial charge is 0.410 e. The van der Waals surface area contributed by atoms with E-state index < -0.39 is 6.09 Å². The molecule has 0 aliphatic rings. The number of H-pyrrole nitrogens is 2. The van der Waals surface area contributed by atoms with E-state index in [-0.39, 0.29) is 0 Å². The number of aromatic amines is 2. The molecule has 6 heteroatoms. The van der Waals surface area contributed by atoms with Crippen molar-refractivity contribution < 1.29 is 9.53 Å². The summed E-state index contributed by atoms with van der Waals surface area (Å²) in [5, 5.41) is 1.08. The van der Waals surface area contributed by atoms with Crippen LogP contribution in [0.25, 0.3) is 33.3 Å². The third-order valence-electron chi connectivity index (χ3n) is 3.82. The van der Waals surface area contributed by atoms with Crippen LogP contribution in [0.5, 0.6) is 5.75 Å². The van der Waals surface area contributed by atoms with Gasteiger partial charge in [0.05, 0.1) is 5.52 Å². The number of nitrogens with one attached hydrogen (secondary N) is 2. The molecule has 114 valence electrons. The fraction of sp³-hybridized carbons (Fsp3) is 0.0588. The summed E-state index contributed by atoms with van der Waals surface area (Å²) in [6, 6.07) is 13.4. The van der Waals surface area contributed by atoms with Crippen molar-refractivity contribution in [1.82, 2.24) is 15.0 Å². The lowest BCUT2D eigenvalue weighted by Gasteiger charge is -1.99. The van der Waals surface area contributed by atoms with Gasteiger partial charge in [0.2, 0.25) is 0 Å². The Kier molecular flexibility index (Phi) is 2.84. The average molecular weight is 306 g/mol. The molecule has 0 aliphatic heterocycles. The number of carbonyl (C=O) groups excluding carboxylic acids is 1. The number of para-hydroxylation sites is 2. The Morgan fingerprint density at radius 2 is 1.87 bits per heavy atom. The van der Waals surface area contributed by atoms with E-state index in [1.54, 1.807) is 12.1 Å². The Hall–Kier alpha value is -3.28. The number of imidazole rings is 1. The Balaban J connectivity index is 1.95. The molecule has 2 aromatic carbocycles. The Morgan fingerprint density at radius 1 is 1.09 bits per heavy atom. The third kappa shape index (κ3) is 2.12. The maximum Gasteiger partial charge on any atom is 0.410 e. The number of aryl methyl sites for hydroxylation is 1. The highest BCUT2D eigenvalue weighted by Crippen LogP contribution is 2.33. The molecular formula is C17H14N4O2. The van der Waals surface area contributed by atoms with Gasteiger partial charge < -0.3 is 20.4 Å². The quantitative estimate of drug-likeness (QED) is 0.529. The second kappa shape index (κ2) is 4.88. The van der Waals surface area contributed by atoms with E-state index in [1.807, 2.05) is 37.3 Å². The molecule has 1 amide bonds. The molecule has 0 fully saturated rings. The van der Waals surface area contributed by atoms with Crippen molar-refractivity contribution in [2.45, 2.75) is 6.92 Å². The molecule has 0 spiro atoms. The van der Waals surface area contributed by atoms with Gasteiger partial charge in [-0.2, -0.15) is 0 Å². The van der Waals surface area contributed by atoms with Crippen LogP contribution < -0.4 is 10.5 Å². The van der Waals surface area contributed by atoms with Crippen molar-refractivity contribution in [1.29, 1.82) is 0 Å². The van der Waals surface area contributed by atoms with Crippen LogP contribution in [0.1, 0.15) is 5.69 Å². The lowest BCUT2D eigenvalue weighted by molar-refractivity contribution is 0.211. The van der Waals surface area contributed by atoms with E-state index in [1.165, 1.54) is 0 Å². The molecule has 6 nitrogen and oxygen atoms in total. The van der Waals surface area contributed by atoms with E-state index >= 15 is 0 Å². The molecule has 4 N–H and O–H groups in total. The van der Waals surface area contributed by atoms with E-state index in [4.69, 9.17) is 10.5 Å². The van der Waals surface area contributed by atoms with Crippen LogP contribution in [0.4, 0.5) is 4.79 Å². The van der Waals surface area contributed by atoms with Gasteiger partial charge >= 0.3 is 6.09 Å². The molecule has 0 aliphatic carbocycles. The van der Waals surface area contributed by atoms with Crippen LogP contribution in [0.2, 0.25) is 0 Å². The number of hydrogen-bond donors (Lipinski definition) is 3. The van der Waals surface area contributed by atoms with Gasteiger partial charge in [-0.05, 0) is 25.1 Å². The molecule has 0 saturated heterocycles. The molecule has 2 heterocycles. The van der Waals surface area contributed by atoms with Crippen molar-refractivity contribution in [2.24, 2.45) is 5.73 Å². The number of carbonyl (C=O) groups is 1. The summed E-state index contributed by atoms with van der Waals surface area (Å²) in [5.74, 6) is 1.06. The first-order valence-electron chi connectivity index (χ1n) is 7.17. The highest BCUT2D eigenvalue weighted by Gasteiger charge is 2.16. The predicted octanol–water partition coefficient (Wildman–Crippen LogP) is 3.48. The number of amides is 1. The Morgan fingerprint density at radius 3 is 2.70 bits per heavy atom. The molecule has 0 radical (unpaired) electrons. The maximum atomic E-state index is 11.0. The van der Waals surface area contributed by atoms with Gasteiger partial charge in [-0.3, -0.25) is 0 Å². The monoisotopic (exact) mass is 306 g/mol. The van der Waals surface area contributed by atoms with Gasteiger partial charge in [0.1, 0.15) is 11.3 Å². The number of rotatable bonds is 2. The normalized spacial score (nSPS) is 11.2. The number of benzene rings is 2. The lowest BCUT2D eigenvalue weighted by Crippen LogP contribution is -2.16. The topological polar surface area (TPSA) is 96.8 Å². The standard InChI is InChI=1S/C17H14N4O2/c1-9-14(10-5-2-3-6-11(10)19-9)16-20-12-7-4-8-13(15(12)21-16)23-17(18)22/h2-8,19H,1H3,(H2,18,22)(H,20,21). The average Bonchev–Trinajstić information content (AvgIpc) is 3.06. The second-order valence-corrected chi connectivity index (χ2v) is 5.33. The summed E-state index contributed by atoms with van der Waals surface area (Å²) < 4.78 is 5.02. The smallest absolute Gasteiger partial charge is 0.408 e. The summed E-state index contributed by atoms with van der Waals surface area (Å²) in [5.41, 5.74) is 9.54. The zero-order valence-corrected chi connectivity index (χ0v) is 12.4. The minimum atomic E-state index is -0.856. The van der Waals surface area contributed by atoms with Crippen LogP contribution in [0.15, 0.2) is 42.5 Å². The SMILES string of the molecule is Cc1[nH]c2ccccc2c1-c1nc2c(OC(N)=O)cccc2[nH]1. The summed E-state index contributed by atoms with van der Waals surface area (Å²) >= 11 is 0. The first-order chi connectivity index (χ1) is 11.1. The number of primary amides is 1. The summed E-state index contributed by atoms with van der Waals surface area (Å²) in [6.07, 6.45) is -0.856. The molecule has 0 bridgehead atoms. The van der Waals surface area contributed by atoms with Crippen molar-refractivity contribution in [3.05, 3.63) is 48.2 Å². The minimum Gasteiger partial charge on any atom is -0.408 e. The lowest BCUT2D eigenvalue weighted by atomic mass is 10.1. The summed E-state index contributed by atoms with van der Waals surface area (Å²) in [6.45, 7) is 2.00. The fourth-order valence-corrected chi connectivity index (χ4v) is 2.90. The van der Waals surface area contributed by atoms with Crippen LogP contribution in [0, 0.1) is 6.92 Å². The third-order valence-corrected chi connectivity index (χ3v) is 3.82. The van der Waals surface area contributed by atoms with Crippen LogP contribution >= 0.6 is 0 Å². The number of nitrogens with zero attached hydrogens (tertiary/aromatic N) is 1. The van der Waals surface area contributed by atoms with Gasteiger partial charge in [0.15, 0.2) is 5.75 Å². The molecule has 23 heavy (non-hydrogen) atoms. The van der Waals surface area contributed by atoms with E-state index in [2.05, 4.69) is 15.0 Å². The van der Waals surface area contributed by atoms with Gasteiger partial charge in [0, 0.05) is 22.2 Å². The zero-order valence-electron chi connectivity index (χ0n) is 12.4. The molecule has 4 rings (SSSR count). The number of aromatic nitrogens is 3. The predicted molar refractivity (Wildman–Crippen MR) is 88.3 cm³/mol.